The zero-order chi connectivity index (χ0) is 15.5. The summed E-state index contributed by atoms with van der Waals surface area (Å²) in [6.07, 6.45) is -1.21. The van der Waals surface area contributed by atoms with E-state index >= 15 is 0 Å². The SMILES string of the molecule is COc1ccc(C2=NC(=O)[C@H](C(=O)c3ccccc3)O2)cc1. The summed E-state index contributed by atoms with van der Waals surface area (Å²) in [6, 6.07) is 15.5. The number of nitrogens with zero attached hydrogens (tertiary/aromatic N) is 1. The predicted molar refractivity (Wildman–Crippen MR) is 80.2 cm³/mol. The van der Waals surface area contributed by atoms with Crippen molar-refractivity contribution in [2.75, 3.05) is 7.11 Å². The van der Waals surface area contributed by atoms with Crippen LogP contribution in [0.5, 0.6) is 5.75 Å². The molecule has 0 radical (unpaired) electrons. The molecule has 1 aliphatic rings. The zero-order valence-electron chi connectivity index (χ0n) is 11.9. The molecule has 0 saturated heterocycles. The maximum Gasteiger partial charge on any atom is 0.298 e. The molecule has 0 bridgehead atoms. The Morgan fingerprint density at radius 3 is 2.41 bits per heavy atom. The molecule has 2 aromatic carbocycles. The number of methoxy groups -OCH3 is 1. The maximum absolute atomic E-state index is 12.3. The maximum atomic E-state index is 12.3. The number of ketones is 1. The minimum Gasteiger partial charge on any atom is -0.497 e. The summed E-state index contributed by atoms with van der Waals surface area (Å²) in [6.45, 7) is 0. The molecule has 3 rings (SSSR count). The number of rotatable bonds is 4. The van der Waals surface area contributed by atoms with Crippen LogP contribution in [0.1, 0.15) is 15.9 Å². The lowest BCUT2D eigenvalue weighted by molar-refractivity contribution is -0.120. The smallest absolute Gasteiger partial charge is 0.298 e. The molecule has 1 atom stereocenters. The average molecular weight is 295 g/mol. The number of hydrogen-bond donors (Lipinski definition) is 0. The molecule has 5 heteroatoms. The van der Waals surface area contributed by atoms with Crippen molar-refractivity contribution >= 4 is 17.6 Å². The van der Waals surface area contributed by atoms with Crippen molar-refractivity contribution in [2.24, 2.45) is 4.99 Å². The van der Waals surface area contributed by atoms with Gasteiger partial charge in [0.25, 0.3) is 5.91 Å². The van der Waals surface area contributed by atoms with E-state index in [1.807, 2.05) is 0 Å². The van der Waals surface area contributed by atoms with Crippen molar-refractivity contribution in [1.82, 2.24) is 0 Å². The lowest BCUT2D eigenvalue weighted by Gasteiger charge is -2.09. The highest BCUT2D eigenvalue weighted by Gasteiger charge is 2.36. The van der Waals surface area contributed by atoms with Crippen molar-refractivity contribution in [3.8, 4) is 5.75 Å². The van der Waals surface area contributed by atoms with E-state index in [1.165, 1.54) is 0 Å². The molecule has 0 aliphatic carbocycles. The number of benzene rings is 2. The molecule has 2 aromatic rings. The summed E-state index contributed by atoms with van der Waals surface area (Å²) in [4.78, 5) is 28.1. The van der Waals surface area contributed by atoms with E-state index in [0.717, 1.165) is 0 Å². The van der Waals surface area contributed by atoms with E-state index in [4.69, 9.17) is 9.47 Å². The van der Waals surface area contributed by atoms with Crippen LogP contribution in [-0.2, 0) is 9.53 Å². The highest BCUT2D eigenvalue weighted by Crippen LogP contribution is 2.19. The van der Waals surface area contributed by atoms with Crippen LogP contribution in [0.3, 0.4) is 0 Å². The first-order valence-corrected chi connectivity index (χ1v) is 6.72. The number of carbonyl (C=O) groups is 2. The minimum absolute atomic E-state index is 0.155. The van der Waals surface area contributed by atoms with Gasteiger partial charge in [0.2, 0.25) is 17.8 Å². The molecule has 1 heterocycles. The third kappa shape index (κ3) is 2.61. The summed E-state index contributed by atoms with van der Waals surface area (Å²) in [5.41, 5.74) is 1.05. The Balaban J connectivity index is 1.79. The van der Waals surface area contributed by atoms with E-state index in [9.17, 15) is 9.59 Å². The van der Waals surface area contributed by atoms with Gasteiger partial charge in [-0.15, -0.1) is 0 Å². The second-order valence-corrected chi connectivity index (χ2v) is 4.71. The van der Waals surface area contributed by atoms with Gasteiger partial charge >= 0.3 is 0 Å². The van der Waals surface area contributed by atoms with Crippen LogP contribution in [0.15, 0.2) is 59.6 Å². The van der Waals surface area contributed by atoms with Gasteiger partial charge in [0.1, 0.15) is 5.75 Å². The van der Waals surface area contributed by atoms with Gasteiger partial charge in [0.05, 0.1) is 7.11 Å². The quantitative estimate of drug-likeness (QED) is 0.641. The molecule has 0 unspecified atom stereocenters. The van der Waals surface area contributed by atoms with Crippen LogP contribution in [0.4, 0.5) is 0 Å². The number of ether oxygens (including phenoxy) is 2. The molecular weight excluding hydrogens is 282 g/mol. The van der Waals surface area contributed by atoms with Crippen LogP contribution in [-0.4, -0.2) is 30.8 Å². The summed E-state index contributed by atoms with van der Waals surface area (Å²) in [5, 5.41) is 0. The molecule has 22 heavy (non-hydrogen) atoms. The average Bonchev–Trinajstić information content (AvgIpc) is 2.97. The molecule has 0 aromatic heterocycles. The number of aliphatic imine (C=N–C) groups is 1. The third-order valence-corrected chi connectivity index (χ3v) is 3.30. The van der Waals surface area contributed by atoms with Gasteiger partial charge < -0.3 is 9.47 Å². The first kappa shape index (κ1) is 14.0. The second-order valence-electron chi connectivity index (χ2n) is 4.71. The first-order valence-electron chi connectivity index (χ1n) is 6.72. The fraction of sp³-hybridized carbons (Fsp3) is 0.118. The number of amides is 1. The van der Waals surface area contributed by atoms with Gasteiger partial charge in [-0.25, -0.2) is 0 Å². The minimum atomic E-state index is -1.21. The van der Waals surface area contributed by atoms with Crippen molar-refractivity contribution in [2.45, 2.75) is 6.10 Å². The monoisotopic (exact) mass is 295 g/mol. The van der Waals surface area contributed by atoms with E-state index in [-0.39, 0.29) is 5.90 Å². The third-order valence-electron chi connectivity index (χ3n) is 3.30. The normalized spacial score (nSPS) is 16.9. The van der Waals surface area contributed by atoms with Gasteiger partial charge in [-0.1, -0.05) is 30.3 Å². The Labute approximate surface area is 127 Å². The largest absolute Gasteiger partial charge is 0.497 e. The lowest BCUT2D eigenvalue weighted by atomic mass is 10.1. The summed E-state index contributed by atoms with van der Waals surface area (Å²) in [7, 11) is 1.57. The molecule has 110 valence electrons. The van der Waals surface area contributed by atoms with Gasteiger partial charge in [0.15, 0.2) is 0 Å². The Kier molecular flexibility index (Phi) is 3.70. The van der Waals surface area contributed by atoms with Crippen molar-refractivity contribution < 1.29 is 19.1 Å². The zero-order valence-corrected chi connectivity index (χ0v) is 11.9. The summed E-state index contributed by atoms with van der Waals surface area (Å²) in [5.74, 6) is -0.134. The molecular formula is C17H13NO4. The standard InChI is InChI=1S/C17H13NO4/c1-21-13-9-7-12(8-10-13)17-18-16(20)15(22-17)14(19)11-5-3-2-4-6-11/h2-10,15H,1H3/t15-/m0/s1. The van der Waals surface area contributed by atoms with E-state index in [1.54, 1.807) is 61.7 Å². The first-order chi connectivity index (χ1) is 10.7. The fourth-order valence-corrected chi connectivity index (χ4v) is 2.13. The Morgan fingerprint density at radius 2 is 1.77 bits per heavy atom. The molecule has 0 N–H and O–H groups in total. The van der Waals surface area contributed by atoms with Gasteiger partial charge in [-0.05, 0) is 24.3 Å². The summed E-state index contributed by atoms with van der Waals surface area (Å²) < 4.78 is 10.5. The van der Waals surface area contributed by atoms with Crippen LogP contribution >= 0.6 is 0 Å². The van der Waals surface area contributed by atoms with Gasteiger partial charge in [-0.3, -0.25) is 9.59 Å². The highest BCUT2D eigenvalue weighted by molar-refractivity contribution is 6.20. The van der Waals surface area contributed by atoms with Crippen LogP contribution in [0.2, 0.25) is 0 Å². The lowest BCUT2D eigenvalue weighted by Crippen LogP contribution is -2.28. The molecule has 5 nitrogen and oxygen atoms in total. The van der Waals surface area contributed by atoms with Crippen molar-refractivity contribution in [3.63, 3.8) is 0 Å². The second kappa shape index (κ2) is 5.81. The molecule has 1 amide bonds. The van der Waals surface area contributed by atoms with Gasteiger partial charge in [0, 0.05) is 11.1 Å². The van der Waals surface area contributed by atoms with Crippen molar-refractivity contribution in [3.05, 3.63) is 65.7 Å². The van der Waals surface area contributed by atoms with Crippen LogP contribution in [0.25, 0.3) is 0 Å². The van der Waals surface area contributed by atoms with Crippen LogP contribution in [0, 0.1) is 0 Å². The molecule has 0 spiro atoms. The molecule has 1 aliphatic heterocycles. The number of carbonyl (C=O) groups excluding carboxylic acids is 2. The number of hydrogen-bond acceptors (Lipinski definition) is 4. The van der Waals surface area contributed by atoms with Crippen LogP contribution < -0.4 is 4.74 Å². The Morgan fingerprint density at radius 1 is 1.09 bits per heavy atom. The molecule has 0 fully saturated rings. The Bertz CT molecular complexity index is 735. The predicted octanol–water partition coefficient (Wildman–Crippen LogP) is 2.25. The van der Waals surface area contributed by atoms with E-state index < -0.39 is 17.8 Å². The highest BCUT2D eigenvalue weighted by atomic mass is 16.5. The van der Waals surface area contributed by atoms with E-state index in [2.05, 4.69) is 4.99 Å². The number of Topliss-reactive ketones (excluding diaryl/α,β-unsaturated/α-hetero) is 1. The molecule has 0 saturated carbocycles. The topological polar surface area (TPSA) is 65.0 Å². The fourth-order valence-electron chi connectivity index (χ4n) is 2.13. The summed E-state index contributed by atoms with van der Waals surface area (Å²) >= 11 is 0. The van der Waals surface area contributed by atoms with Crippen molar-refractivity contribution in [1.29, 1.82) is 0 Å². The Hall–Kier alpha value is -2.95. The van der Waals surface area contributed by atoms with Gasteiger partial charge in [-0.2, -0.15) is 4.99 Å². The van der Waals surface area contributed by atoms with E-state index in [0.29, 0.717) is 16.9 Å².